The summed E-state index contributed by atoms with van der Waals surface area (Å²) in [6, 6.07) is 16.5. The van der Waals surface area contributed by atoms with Gasteiger partial charge in [0.1, 0.15) is 5.75 Å². The number of piperidine rings is 1. The van der Waals surface area contributed by atoms with E-state index in [2.05, 4.69) is 39.9 Å². The number of anilines is 1. The molecule has 1 aliphatic rings. The third kappa shape index (κ3) is 5.12. The van der Waals surface area contributed by atoms with Crippen LogP contribution in [0.5, 0.6) is 5.75 Å². The molecule has 0 unspecified atom stereocenters. The van der Waals surface area contributed by atoms with Crippen LogP contribution in [0, 0.1) is 13.8 Å². The van der Waals surface area contributed by atoms with Gasteiger partial charge in [-0.15, -0.1) is 11.3 Å². The average Bonchev–Trinajstić information content (AvgIpc) is 3.21. The van der Waals surface area contributed by atoms with Gasteiger partial charge in [0.05, 0.1) is 23.5 Å². The molecular formula is C25H32N4O3S2. The van der Waals surface area contributed by atoms with Crippen molar-refractivity contribution in [2.24, 2.45) is 0 Å². The van der Waals surface area contributed by atoms with Crippen LogP contribution in [-0.4, -0.2) is 40.1 Å². The Labute approximate surface area is 206 Å². The number of aromatic nitrogens is 1. The van der Waals surface area contributed by atoms with E-state index in [1.165, 1.54) is 21.2 Å². The molecule has 2 heterocycles. The SMILES string of the molecule is COc1ccc(N(C)S(=O)(=O)c2sc(C)nc2C)cc1CN[C@@H]1CCCN[C@@H]1c1ccccc1. The maximum absolute atomic E-state index is 13.3. The number of sulfonamides is 1. The fraction of sp³-hybridized carbons (Fsp3) is 0.400. The molecule has 0 bridgehead atoms. The average molecular weight is 501 g/mol. The van der Waals surface area contributed by atoms with Crippen molar-refractivity contribution in [1.29, 1.82) is 0 Å². The predicted molar refractivity (Wildman–Crippen MR) is 137 cm³/mol. The zero-order valence-corrected chi connectivity index (χ0v) is 21.7. The Morgan fingerprint density at radius 2 is 1.97 bits per heavy atom. The number of thiazole rings is 1. The fourth-order valence-corrected chi connectivity index (χ4v) is 7.30. The van der Waals surface area contributed by atoms with Gasteiger partial charge in [0, 0.05) is 31.2 Å². The number of aryl methyl sites for hydroxylation is 2. The van der Waals surface area contributed by atoms with Crippen LogP contribution < -0.4 is 19.7 Å². The van der Waals surface area contributed by atoms with E-state index in [1.807, 2.05) is 25.1 Å². The Hall–Kier alpha value is -2.46. The van der Waals surface area contributed by atoms with E-state index in [1.54, 1.807) is 27.1 Å². The van der Waals surface area contributed by atoms with Gasteiger partial charge in [-0.1, -0.05) is 30.3 Å². The molecule has 1 aliphatic heterocycles. The molecular weight excluding hydrogens is 468 g/mol. The largest absolute Gasteiger partial charge is 0.496 e. The maximum atomic E-state index is 13.3. The van der Waals surface area contributed by atoms with Gasteiger partial charge in [-0.2, -0.15) is 0 Å². The number of methoxy groups -OCH3 is 1. The summed E-state index contributed by atoms with van der Waals surface area (Å²) < 4.78 is 33.8. The van der Waals surface area contributed by atoms with Gasteiger partial charge in [-0.05, 0) is 57.0 Å². The minimum absolute atomic E-state index is 0.227. The summed E-state index contributed by atoms with van der Waals surface area (Å²) in [7, 11) is -0.481. The van der Waals surface area contributed by atoms with Crippen LogP contribution in [0.3, 0.4) is 0 Å². The summed E-state index contributed by atoms with van der Waals surface area (Å²) in [6.07, 6.45) is 2.17. The van der Waals surface area contributed by atoms with E-state index in [0.29, 0.717) is 17.9 Å². The van der Waals surface area contributed by atoms with Crippen molar-refractivity contribution in [3.05, 3.63) is 70.4 Å². The minimum Gasteiger partial charge on any atom is -0.496 e. The first-order chi connectivity index (χ1) is 16.3. The summed E-state index contributed by atoms with van der Waals surface area (Å²) in [4.78, 5) is 4.29. The molecule has 0 saturated carbocycles. The van der Waals surface area contributed by atoms with Crippen LogP contribution in [0.4, 0.5) is 5.69 Å². The van der Waals surface area contributed by atoms with E-state index < -0.39 is 10.0 Å². The maximum Gasteiger partial charge on any atom is 0.275 e. The van der Waals surface area contributed by atoms with Crippen molar-refractivity contribution in [1.82, 2.24) is 15.6 Å². The van der Waals surface area contributed by atoms with E-state index in [9.17, 15) is 8.42 Å². The summed E-state index contributed by atoms with van der Waals surface area (Å²) in [6.45, 7) is 5.11. The fourth-order valence-electron chi connectivity index (χ4n) is 4.47. The topological polar surface area (TPSA) is 83.6 Å². The van der Waals surface area contributed by atoms with Crippen molar-refractivity contribution in [3.63, 3.8) is 0 Å². The van der Waals surface area contributed by atoms with Crippen molar-refractivity contribution in [2.75, 3.05) is 25.0 Å². The molecule has 1 aromatic heterocycles. The number of nitrogens with zero attached hydrogens (tertiary/aromatic N) is 2. The quantitative estimate of drug-likeness (QED) is 0.483. The van der Waals surface area contributed by atoms with Crippen LogP contribution in [0.2, 0.25) is 0 Å². The van der Waals surface area contributed by atoms with Gasteiger partial charge >= 0.3 is 0 Å². The molecule has 2 aromatic carbocycles. The lowest BCUT2D eigenvalue weighted by Crippen LogP contribution is -2.45. The third-order valence-corrected chi connectivity index (χ3v) is 9.70. The summed E-state index contributed by atoms with van der Waals surface area (Å²) >= 11 is 1.20. The lowest BCUT2D eigenvalue weighted by molar-refractivity contribution is 0.303. The number of rotatable bonds is 8. The van der Waals surface area contributed by atoms with Gasteiger partial charge < -0.3 is 15.4 Å². The van der Waals surface area contributed by atoms with Crippen LogP contribution in [0.15, 0.2) is 52.7 Å². The molecule has 1 fully saturated rings. The number of ether oxygens (including phenoxy) is 1. The van der Waals surface area contributed by atoms with Crippen LogP contribution >= 0.6 is 11.3 Å². The first-order valence-corrected chi connectivity index (χ1v) is 13.7. The van der Waals surface area contributed by atoms with E-state index in [-0.39, 0.29) is 16.3 Å². The normalized spacial score (nSPS) is 18.6. The van der Waals surface area contributed by atoms with Gasteiger partial charge in [0.25, 0.3) is 10.0 Å². The zero-order chi connectivity index (χ0) is 24.3. The Kier molecular flexibility index (Phi) is 7.57. The van der Waals surface area contributed by atoms with Crippen LogP contribution in [0.25, 0.3) is 0 Å². The molecule has 0 aliphatic carbocycles. The van der Waals surface area contributed by atoms with Gasteiger partial charge in [-0.3, -0.25) is 4.31 Å². The molecule has 2 atom stereocenters. The first-order valence-electron chi connectivity index (χ1n) is 11.4. The first kappa shape index (κ1) is 24.7. The number of benzene rings is 2. The lowest BCUT2D eigenvalue weighted by Gasteiger charge is -2.34. The highest BCUT2D eigenvalue weighted by Crippen LogP contribution is 2.32. The lowest BCUT2D eigenvalue weighted by atomic mass is 9.92. The van der Waals surface area contributed by atoms with Gasteiger partial charge in [0.15, 0.2) is 4.21 Å². The highest BCUT2D eigenvalue weighted by molar-refractivity contribution is 7.94. The Bertz CT molecular complexity index is 1230. The van der Waals surface area contributed by atoms with Crippen LogP contribution in [-0.2, 0) is 16.6 Å². The van der Waals surface area contributed by atoms with Crippen molar-refractivity contribution >= 4 is 27.0 Å². The number of hydrogen-bond donors (Lipinski definition) is 2. The second-order valence-corrected chi connectivity index (χ2v) is 11.9. The second-order valence-electron chi connectivity index (χ2n) is 8.55. The second kappa shape index (κ2) is 10.4. The standard InChI is InChI=1S/C25H32N4O3S2/c1-17-25(33-18(2)28-17)34(30,31)29(3)21-12-13-23(32-4)20(15-21)16-27-22-11-8-14-26-24(22)19-9-6-5-7-10-19/h5-7,9-10,12-13,15,22,24,26-27H,8,11,14,16H2,1-4H3/t22-,24-/m1/s1. The highest BCUT2D eigenvalue weighted by atomic mass is 32.2. The zero-order valence-electron chi connectivity index (χ0n) is 20.0. The van der Waals surface area contributed by atoms with E-state index >= 15 is 0 Å². The minimum atomic E-state index is -3.70. The Balaban J connectivity index is 1.56. The molecule has 3 aromatic rings. The van der Waals surface area contributed by atoms with Gasteiger partial charge in [-0.25, -0.2) is 13.4 Å². The molecule has 0 radical (unpaired) electrons. The van der Waals surface area contributed by atoms with Gasteiger partial charge in [0.2, 0.25) is 0 Å². The molecule has 0 spiro atoms. The molecule has 0 amide bonds. The monoisotopic (exact) mass is 500 g/mol. The molecule has 7 nitrogen and oxygen atoms in total. The molecule has 1 saturated heterocycles. The van der Waals surface area contributed by atoms with E-state index in [0.717, 1.165) is 35.7 Å². The van der Waals surface area contributed by atoms with Crippen molar-refractivity contribution in [3.8, 4) is 5.75 Å². The van der Waals surface area contributed by atoms with Crippen molar-refractivity contribution < 1.29 is 13.2 Å². The third-order valence-electron chi connectivity index (χ3n) is 6.26. The van der Waals surface area contributed by atoms with E-state index in [4.69, 9.17) is 4.74 Å². The number of nitrogens with one attached hydrogen (secondary N) is 2. The smallest absolute Gasteiger partial charge is 0.275 e. The highest BCUT2D eigenvalue weighted by Gasteiger charge is 2.28. The molecule has 34 heavy (non-hydrogen) atoms. The summed E-state index contributed by atoms with van der Waals surface area (Å²) in [5, 5.41) is 8.07. The Morgan fingerprint density at radius 1 is 1.21 bits per heavy atom. The molecule has 2 N–H and O–H groups in total. The molecule has 182 valence electrons. The van der Waals surface area contributed by atoms with Crippen molar-refractivity contribution in [2.45, 2.75) is 49.5 Å². The summed E-state index contributed by atoms with van der Waals surface area (Å²) in [5.41, 5.74) is 3.30. The molecule has 9 heteroatoms. The summed E-state index contributed by atoms with van der Waals surface area (Å²) in [5.74, 6) is 0.729. The predicted octanol–water partition coefficient (Wildman–Crippen LogP) is 4.18. The Morgan fingerprint density at radius 3 is 2.65 bits per heavy atom. The number of hydrogen-bond acceptors (Lipinski definition) is 7. The van der Waals surface area contributed by atoms with Crippen LogP contribution in [0.1, 0.15) is 40.7 Å². The molecule has 4 rings (SSSR count).